The topological polar surface area (TPSA) is 83.6 Å². The highest BCUT2D eigenvalue weighted by atomic mass is 16.1. The molecule has 0 aliphatic heterocycles. The van der Waals surface area contributed by atoms with E-state index in [1.54, 1.807) is 6.20 Å². The number of hydrogen-bond acceptors (Lipinski definition) is 6. The Bertz CT molecular complexity index is 908. The van der Waals surface area contributed by atoms with Crippen molar-refractivity contribution in [3.8, 4) is 11.1 Å². The second-order valence-corrected chi connectivity index (χ2v) is 5.86. The maximum atomic E-state index is 8.81. The van der Waals surface area contributed by atoms with Crippen LogP contribution in [0.1, 0.15) is 33.4 Å². The molecule has 6 nitrogen and oxygen atoms in total. The third-order valence-electron chi connectivity index (χ3n) is 3.91. The lowest BCUT2D eigenvalue weighted by atomic mass is 10.0. The predicted molar refractivity (Wildman–Crippen MR) is 128 cm³/mol. The number of pyridine rings is 1. The van der Waals surface area contributed by atoms with E-state index < -0.39 is 0 Å². The Hall–Kier alpha value is -3.51. The van der Waals surface area contributed by atoms with Gasteiger partial charge in [0, 0.05) is 18.9 Å². The number of nitrogens with zero attached hydrogens (tertiary/aromatic N) is 3. The van der Waals surface area contributed by atoms with Crippen LogP contribution in [0.4, 0.5) is 11.4 Å². The SMILES string of the molecule is CC.CC=O.CNc1ccc(-c2cccc(N(N)/N=C(\C)c3ccccn3)c2)cc1. The van der Waals surface area contributed by atoms with Gasteiger partial charge >= 0.3 is 0 Å². The molecule has 0 atom stereocenters. The molecule has 3 aromatic rings. The minimum Gasteiger partial charge on any atom is -0.388 e. The molecule has 3 rings (SSSR count). The maximum absolute atomic E-state index is 8.81. The molecule has 0 bridgehead atoms. The fourth-order valence-corrected chi connectivity index (χ4v) is 2.50. The van der Waals surface area contributed by atoms with Gasteiger partial charge in [0.2, 0.25) is 0 Å². The number of carbonyl (C=O) groups excluding carboxylic acids is 1. The normalized spacial score (nSPS) is 10.0. The number of hydrazine groups is 1. The number of anilines is 2. The van der Waals surface area contributed by atoms with E-state index in [1.807, 2.05) is 76.3 Å². The quantitative estimate of drug-likeness (QED) is 0.266. The molecule has 3 N–H and O–H groups in total. The van der Waals surface area contributed by atoms with Crippen LogP contribution >= 0.6 is 0 Å². The van der Waals surface area contributed by atoms with Crippen molar-refractivity contribution in [3.63, 3.8) is 0 Å². The number of benzene rings is 2. The standard InChI is InChI=1S/C20H21N5.C2H4O.C2H6/c1-15(20-8-3-4-13-23-20)24-25(21)19-7-5-6-17(14-19)16-9-11-18(22-2)12-10-16;1-2-3;1-2/h3-14,22H,21H2,1-2H3;2H,1H3;1-2H3/b24-15+;;. The fraction of sp³-hybridized carbons (Fsp3) is 0.208. The van der Waals surface area contributed by atoms with Gasteiger partial charge in [-0.15, -0.1) is 0 Å². The summed E-state index contributed by atoms with van der Waals surface area (Å²) in [6, 6.07) is 21.9. The van der Waals surface area contributed by atoms with E-state index in [-0.39, 0.29) is 0 Å². The van der Waals surface area contributed by atoms with Gasteiger partial charge in [0.25, 0.3) is 0 Å². The Morgan fingerprint density at radius 2 is 1.70 bits per heavy atom. The highest BCUT2D eigenvalue weighted by Crippen LogP contribution is 2.25. The summed E-state index contributed by atoms with van der Waals surface area (Å²) >= 11 is 0. The zero-order valence-electron chi connectivity index (χ0n) is 18.3. The molecule has 0 spiro atoms. The van der Waals surface area contributed by atoms with E-state index in [0.717, 1.165) is 40.2 Å². The van der Waals surface area contributed by atoms with E-state index >= 15 is 0 Å². The van der Waals surface area contributed by atoms with Crippen molar-refractivity contribution in [3.05, 3.63) is 78.6 Å². The molecular formula is C24H31N5O. The predicted octanol–water partition coefficient (Wildman–Crippen LogP) is 5.13. The second kappa shape index (κ2) is 13.6. The van der Waals surface area contributed by atoms with Crippen LogP contribution in [0.3, 0.4) is 0 Å². The molecule has 0 aliphatic rings. The average molecular weight is 406 g/mol. The molecule has 0 unspecified atom stereocenters. The van der Waals surface area contributed by atoms with E-state index in [0.29, 0.717) is 0 Å². The van der Waals surface area contributed by atoms with Crippen molar-refractivity contribution in [2.45, 2.75) is 27.7 Å². The molecule has 2 aromatic carbocycles. The second-order valence-electron chi connectivity index (χ2n) is 5.86. The first-order valence-corrected chi connectivity index (χ1v) is 9.88. The number of nitrogens with one attached hydrogen (secondary N) is 1. The first kappa shape index (κ1) is 24.5. The van der Waals surface area contributed by atoms with Gasteiger partial charge in [-0.05, 0) is 61.4 Å². The number of rotatable bonds is 5. The summed E-state index contributed by atoms with van der Waals surface area (Å²) in [4.78, 5) is 13.1. The molecule has 1 heterocycles. The Labute approximate surface area is 179 Å². The third-order valence-corrected chi connectivity index (χ3v) is 3.91. The smallest absolute Gasteiger partial charge is 0.116 e. The molecule has 0 amide bonds. The van der Waals surface area contributed by atoms with Crippen molar-refractivity contribution in [2.24, 2.45) is 10.9 Å². The summed E-state index contributed by atoms with van der Waals surface area (Å²) in [5.41, 5.74) is 5.66. The molecular weight excluding hydrogens is 374 g/mol. The Kier molecular flexibility index (Phi) is 11.1. The lowest BCUT2D eigenvalue weighted by Crippen LogP contribution is -2.26. The number of hydrazone groups is 1. The van der Waals surface area contributed by atoms with Gasteiger partial charge in [-0.1, -0.05) is 44.2 Å². The molecule has 30 heavy (non-hydrogen) atoms. The number of nitrogens with two attached hydrogens (primary N) is 1. The van der Waals surface area contributed by atoms with E-state index in [1.165, 1.54) is 12.0 Å². The average Bonchev–Trinajstić information content (AvgIpc) is 2.81. The Morgan fingerprint density at radius 3 is 2.27 bits per heavy atom. The summed E-state index contributed by atoms with van der Waals surface area (Å²) in [6.07, 6.45) is 2.49. The van der Waals surface area contributed by atoms with Crippen LogP contribution in [0.5, 0.6) is 0 Å². The van der Waals surface area contributed by atoms with Crippen LogP contribution in [0, 0.1) is 0 Å². The zero-order valence-corrected chi connectivity index (χ0v) is 18.3. The molecule has 6 heteroatoms. The summed E-state index contributed by atoms with van der Waals surface area (Å²) < 4.78 is 0. The number of aldehydes is 1. The Morgan fingerprint density at radius 1 is 1.03 bits per heavy atom. The monoisotopic (exact) mass is 405 g/mol. The summed E-state index contributed by atoms with van der Waals surface area (Å²) in [5, 5.41) is 8.94. The first-order valence-electron chi connectivity index (χ1n) is 9.88. The number of aromatic nitrogens is 1. The lowest BCUT2D eigenvalue weighted by Gasteiger charge is -2.15. The van der Waals surface area contributed by atoms with Crippen molar-refractivity contribution in [1.82, 2.24) is 4.98 Å². The van der Waals surface area contributed by atoms with Gasteiger partial charge in [-0.3, -0.25) is 4.98 Å². The van der Waals surface area contributed by atoms with Crippen molar-refractivity contribution in [2.75, 3.05) is 17.5 Å². The number of carbonyl (C=O) groups is 1. The molecule has 0 saturated carbocycles. The molecule has 0 aliphatic carbocycles. The molecule has 158 valence electrons. The van der Waals surface area contributed by atoms with E-state index in [2.05, 4.69) is 33.6 Å². The maximum Gasteiger partial charge on any atom is 0.116 e. The fourth-order valence-electron chi connectivity index (χ4n) is 2.50. The highest BCUT2D eigenvalue weighted by molar-refractivity contribution is 5.97. The van der Waals surface area contributed by atoms with Gasteiger partial charge in [-0.25, -0.2) is 5.84 Å². The first-order chi connectivity index (χ1) is 14.6. The summed E-state index contributed by atoms with van der Waals surface area (Å²) in [7, 11) is 1.91. The van der Waals surface area contributed by atoms with Gasteiger partial charge in [-0.2, -0.15) is 10.2 Å². The van der Waals surface area contributed by atoms with Gasteiger partial charge in [0.15, 0.2) is 0 Å². The molecule has 0 saturated heterocycles. The number of hydrogen-bond donors (Lipinski definition) is 2. The van der Waals surface area contributed by atoms with Gasteiger partial charge < -0.3 is 10.1 Å². The summed E-state index contributed by atoms with van der Waals surface area (Å²) in [6.45, 7) is 7.34. The molecule has 0 fully saturated rings. The minimum absolute atomic E-state index is 0.750. The van der Waals surface area contributed by atoms with E-state index in [4.69, 9.17) is 10.6 Å². The van der Waals surface area contributed by atoms with Gasteiger partial charge in [0.05, 0.1) is 17.1 Å². The third kappa shape index (κ3) is 7.48. The van der Waals surface area contributed by atoms with Crippen LogP contribution in [0.2, 0.25) is 0 Å². The van der Waals surface area contributed by atoms with Crippen LogP contribution in [0.25, 0.3) is 11.1 Å². The van der Waals surface area contributed by atoms with Crippen molar-refractivity contribution >= 4 is 23.4 Å². The van der Waals surface area contributed by atoms with Crippen LogP contribution < -0.4 is 16.3 Å². The van der Waals surface area contributed by atoms with Gasteiger partial charge in [0.1, 0.15) is 6.29 Å². The van der Waals surface area contributed by atoms with Crippen molar-refractivity contribution in [1.29, 1.82) is 0 Å². The van der Waals surface area contributed by atoms with E-state index in [9.17, 15) is 0 Å². The minimum atomic E-state index is 0.750. The van der Waals surface area contributed by atoms with Crippen molar-refractivity contribution < 1.29 is 4.79 Å². The van der Waals surface area contributed by atoms with Crippen LogP contribution in [-0.4, -0.2) is 24.0 Å². The molecule has 0 radical (unpaired) electrons. The summed E-state index contributed by atoms with van der Waals surface area (Å²) in [5.74, 6) is 6.13. The zero-order chi connectivity index (χ0) is 22.4. The van der Waals surface area contributed by atoms with Crippen LogP contribution in [0.15, 0.2) is 78.0 Å². The highest BCUT2D eigenvalue weighted by Gasteiger charge is 2.05. The van der Waals surface area contributed by atoms with Crippen LogP contribution in [-0.2, 0) is 4.79 Å². The molecule has 1 aromatic heterocycles. The Balaban J connectivity index is 0.000000826. The lowest BCUT2D eigenvalue weighted by molar-refractivity contribution is -0.106. The largest absolute Gasteiger partial charge is 0.388 e.